The van der Waals surface area contributed by atoms with E-state index in [0.29, 0.717) is 42.4 Å². The van der Waals surface area contributed by atoms with Crippen LogP contribution in [0.2, 0.25) is 0 Å². The second-order valence-electron chi connectivity index (χ2n) is 6.49. The van der Waals surface area contributed by atoms with Crippen molar-refractivity contribution in [3.63, 3.8) is 0 Å². The van der Waals surface area contributed by atoms with Gasteiger partial charge in [-0.2, -0.15) is 11.8 Å². The first-order chi connectivity index (χ1) is 12.1. The van der Waals surface area contributed by atoms with Crippen LogP contribution in [0, 0.1) is 11.6 Å². The minimum Gasteiger partial charge on any atom is -0.360 e. The molecular formula is C18H18F2N2O2S. The molecule has 0 spiro atoms. The number of aromatic nitrogens is 1. The Morgan fingerprint density at radius 3 is 2.84 bits per heavy atom. The van der Waals surface area contributed by atoms with E-state index in [1.165, 1.54) is 6.07 Å². The molecule has 1 aromatic heterocycles. The van der Waals surface area contributed by atoms with Gasteiger partial charge in [0.1, 0.15) is 17.4 Å². The summed E-state index contributed by atoms with van der Waals surface area (Å²) in [7, 11) is 0. The highest BCUT2D eigenvalue weighted by atomic mass is 32.2. The first-order valence-electron chi connectivity index (χ1n) is 8.44. The average molecular weight is 364 g/mol. The quantitative estimate of drug-likeness (QED) is 0.821. The Labute approximate surface area is 148 Å². The molecule has 2 fully saturated rings. The van der Waals surface area contributed by atoms with Gasteiger partial charge in [0.05, 0.1) is 0 Å². The van der Waals surface area contributed by atoms with Gasteiger partial charge in [-0.05, 0) is 37.5 Å². The van der Waals surface area contributed by atoms with E-state index < -0.39 is 11.6 Å². The van der Waals surface area contributed by atoms with Crippen LogP contribution in [0.3, 0.4) is 0 Å². The molecule has 7 heteroatoms. The topological polar surface area (TPSA) is 46.3 Å². The second-order valence-corrected chi connectivity index (χ2v) is 7.81. The van der Waals surface area contributed by atoms with E-state index in [0.717, 1.165) is 30.7 Å². The number of amides is 1. The highest BCUT2D eigenvalue weighted by Crippen LogP contribution is 2.40. The lowest BCUT2D eigenvalue weighted by atomic mass is 10.1. The highest BCUT2D eigenvalue weighted by Gasteiger charge is 2.31. The highest BCUT2D eigenvalue weighted by molar-refractivity contribution is 7.99. The summed E-state index contributed by atoms with van der Waals surface area (Å²) in [6, 6.07) is 5.28. The Morgan fingerprint density at radius 2 is 2.04 bits per heavy atom. The second kappa shape index (κ2) is 6.78. The van der Waals surface area contributed by atoms with Gasteiger partial charge in [-0.25, -0.2) is 8.78 Å². The number of hydrogen-bond donors (Lipinski definition) is 0. The molecule has 4 nitrogen and oxygen atoms in total. The number of carbonyl (C=O) groups is 1. The fourth-order valence-corrected chi connectivity index (χ4v) is 4.34. The Bertz CT molecular complexity index is 791. The third kappa shape index (κ3) is 3.56. The van der Waals surface area contributed by atoms with Crippen LogP contribution in [0.4, 0.5) is 8.78 Å². The van der Waals surface area contributed by atoms with E-state index in [9.17, 15) is 13.6 Å². The van der Waals surface area contributed by atoms with E-state index in [1.807, 2.05) is 0 Å². The molecule has 25 heavy (non-hydrogen) atoms. The molecule has 1 aliphatic heterocycles. The lowest BCUT2D eigenvalue weighted by Gasteiger charge is -2.19. The fourth-order valence-electron chi connectivity index (χ4n) is 3.10. The number of nitrogens with zero attached hydrogens (tertiary/aromatic N) is 2. The number of rotatable bonds is 3. The van der Waals surface area contributed by atoms with Crippen LogP contribution in [0.15, 0.2) is 28.8 Å². The van der Waals surface area contributed by atoms with Gasteiger partial charge in [0.15, 0.2) is 5.69 Å². The fraction of sp³-hybridized carbons (Fsp3) is 0.444. The van der Waals surface area contributed by atoms with Crippen LogP contribution < -0.4 is 0 Å². The third-order valence-corrected chi connectivity index (χ3v) is 5.97. The minimum atomic E-state index is -0.440. The van der Waals surface area contributed by atoms with Crippen molar-refractivity contribution in [3.05, 3.63) is 52.9 Å². The number of carbonyl (C=O) groups excluding carboxylic acids is 1. The summed E-state index contributed by atoms with van der Waals surface area (Å²) in [6.07, 6.45) is 2.75. The molecule has 132 valence electrons. The van der Waals surface area contributed by atoms with Crippen molar-refractivity contribution in [1.29, 1.82) is 0 Å². The summed E-state index contributed by atoms with van der Waals surface area (Å²) in [5.41, 5.74) is 0.707. The van der Waals surface area contributed by atoms with E-state index in [2.05, 4.69) is 5.16 Å². The van der Waals surface area contributed by atoms with Crippen molar-refractivity contribution in [1.82, 2.24) is 10.1 Å². The first-order valence-corrected chi connectivity index (χ1v) is 9.49. The van der Waals surface area contributed by atoms with Gasteiger partial charge in [-0.15, -0.1) is 0 Å². The number of thioether (sulfide) groups is 1. The van der Waals surface area contributed by atoms with Gasteiger partial charge in [0.25, 0.3) is 5.91 Å². The molecule has 1 aromatic carbocycles. The van der Waals surface area contributed by atoms with Crippen molar-refractivity contribution in [3.8, 4) is 0 Å². The van der Waals surface area contributed by atoms with E-state index in [4.69, 9.17) is 4.52 Å². The molecule has 0 bridgehead atoms. The smallest absolute Gasteiger partial charge is 0.276 e. The molecule has 2 aromatic rings. The predicted octanol–water partition coefficient (Wildman–Crippen LogP) is 4.15. The standard InChI is InChI=1S/C18H18F2N2O2S/c19-12-3-4-14(20)13(9-12)17-5-6-22(7-8-25-17)18(23)15-10-16(24-21-15)11-1-2-11/h3-4,9-11,17H,1-2,5-8H2. The molecule has 2 aliphatic rings. The molecule has 1 saturated heterocycles. The normalized spacial score (nSPS) is 21.2. The Hall–Kier alpha value is -1.89. The van der Waals surface area contributed by atoms with Gasteiger partial charge in [0.2, 0.25) is 0 Å². The average Bonchev–Trinajstić information content (AvgIpc) is 3.39. The molecule has 0 radical (unpaired) electrons. The number of halogens is 2. The SMILES string of the molecule is O=C(c1cc(C2CC2)on1)N1CCSC(c2cc(F)ccc2F)CC1. The molecule has 1 atom stereocenters. The maximum Gasteiger partial charge on any atom is 0.276 e. The molecule has 1 saturated carbocycles. The number of benzene rings is 1. The summed E-state index contributed by atoms with van der Waals surface area (Å²) in [6.45, 7) is 1.04. The molecule has 1 amide bonds. The molecule has 1 aliphatic carbocycles. The lowest BCUT2D eigenvalue weighted by Crippen LogP contribution is -2.33. The maximum atomic E-state index is 14.0. The van der Waals surface area contributed by atoms with Crippen molar-refractivity contribution in [2.45, 2.75) is 30.4 Å². The molecular weight excluding hydrogens is 346 g/mol. The first kappa shape index (κ1) is 16.6. The van der Waals surface area contributed by atoms with Crippen LogP contribution in [-0.4, -0.2) is 34.8 Å². The summed E-state index contributed by atoms with van der Waals surface area (Å²) in [5, 5.41) is 3.74. The summed E-state index contributed by atoms with van der Waals surface area (Å²) in [5.74, 6) is 0.867. The van der Waals surface area contributed by atoms with E-state index in [-0.39, 0.29) is 11.2 Å². The van der Waals surface area contributed by atoms with Crippen LogP contribution >= 0.6 is 11.8 Å². The van der Waals surface area contributed by atoms with Crippen LogP contribution in [0.25, 0.3) is 0 Å². The van der Waals surface area contributed by atoms with Gasteiger partial charge in [-0.1, -0.05) is 5.16 Å². The zero-order valence-corrected chi connectivity index (χ0v) is 14.4. The summed E-state index contributed by atoms with van der Waals surface area (Å²) < 4.78 is 32.7. The van der Waals surface area contributed by atoms with Crippen molar-refractivity contribution in [2.75, 3.05) is 18.8 Å². The zero-order chi connectivity index (χ0) is 17.4. The van der Waals surface area contributed by atoms with Crippen molar-refractivity contribution in [2.24, 2.45) is 0 Å². The minimum absolute atomic E-state index is 0.156. The molecule has 2 heterocycles. The van der Waals surface area contributed by atoms with E-state index in [1.54, 1.807) is 22.7 Å². The zero-order valence-electron chi connectivity index (χ0n) is 13.6. The third-order valence-electron chi connectivity index (χ3n) is 4.66. The van der Waals surface area contributed by atoms with Gasteiger partial charge >= 0.3 is 0 Å². The van der Waals surface area contributed by atoms with Gasteiger partial charge in [-0.3, -0.25) is 4.79 Å². The van der Waals surface area contributed by atoms with Gasteiger partial charge in [0, 0.05) is 41.6 Å². The monoisotopic (exact) mass is 364 g/mol. The Balaban J connectivity index is 1.45. The predicted molar refractivity (Wildman–Crippen MR) is 90.6 cm³/mol. The largest absolute Gasteiger partial charge is 0.360 e. The summed E-state index contributed by atoms with van der Waals surface area (Å²) in [4.78, 5) is 14.4. The Kier molecular flexibility index (Phi) is 4.50. The Morgan fingerprint density at radius 1 is 1.20 bits per heavy atom. The van der Waals surface area contributed by atoms with Crippen LogP contribution in [0.5, 0.6) is 0 Å². The van der Waals surface area contributed by atoms with Crippen molar-refractivity contribution < 1.29 is 18.1 Å². The number of hydrogen-bond acceptors (Lipinski definition) is 4. The summed E-state index contributed by atoms with van der Waals surface area (Å²) >= 11 is 1.55. The maximum absolute atomic E-state index is 14.0. The van der Waals surface area contributed by atoms with Crippen LogP contribution in [0.1, 0.15) is 52.2 Å². The lowest BCUT2D eigenvalue weighted by molar-refractivity contribution is 0.0756. The van der Waals surface area contributed by atoms with Crippen LogP contribution in [-0.2, 0) is 0 Å². The molecule has 4 rings (SSSR count). The van der Waals surface area contributed by atoms with Crippen molar-refractivity contribution >= 4 is 17.7 Å². The molecule has 0 N–H and O–H groups in total. The van der Waals surface area contributed by atoms with Gasteiger partial charge < -0.3 is 9.42 Å². The molecule has 1 unspecified atom stereocenters. The van der Waals surface area contributed by atoms with E-state index >= 15 is 0 Å².